The number of para-hydroxylation sites is 2. The molecule has 1 atom stereocenters. The molecule has 0 fully saturated rings. The normalized spacial score (nSPS) is 12.0. The lowest BCUT2D eigenvalue weighted by molar-refractivity contribution is -0.121. The minimum absolute atomic E-state index is 0.00686. The fourth-order valence-corrected chi connectivity index (χ4v) is 2.92. The Morgan fingerprint density at radius 1 is 1.33 bits per heavy atom. The average Bonchev–Trinajstić information content (AvgIpc) is 3.28. The first-order valence-electron chi connectivity index (χ1n) is 8.97. The third-order valence-corrected chi connectivity index (χ3v) is 4.75. The van der Waals surface area contributed by atoms with E-state index in [1.54, 1.807) is 18.0 Å². The van der Waals surface area contributed by atoms with Gasteiger partial charge in [0.2, 0.25) is 5.91 Å². The van der Waals surface area contributed by atoms with Crippen molar-refractivity contribution in [1.29, 1.82) is 0 Å². The smallest absolute Gasteiger partial charge is 0.220 e. The summed E-state index contributed by atoms with van der Waals surface area (Å²) in [4.78, 5) is 12.3. The molecule has 0 aliphatic heterocycles. The van der Waals surface area contributed by atoms with Crippen molar-refractivity contribution in [2.45, 2.75) is 39.7 Å². The molecule has 3 rings (SSSR count). The minimum atomic E-state index is -0.136. The largest absolute Gasteiger partial charge is 0.494 e. The summed E-state index contributed by atoms with van der Waals surface area (Å²) in [7, 11) is 1.63. The molecule has 2 heterocycles. The van der Waals surface area contributed by atoms with Gasteiger partial charge in [-0.05, 0) is 38.5 Å². The van der Waals surface area contributed by atoms with E-state index in [-0.39, 0.29) is 11.9 Å². The zero-order chi connectivity index (χ0) is 19.4. The molecule has 0 bridgehead atoms. The van der Waals surface area contributed by atoms with Gasteiger partial charge in [-0.3, -0.25) is 9.89 Å². The molecule has 0 unspecified atom stereocenters. The summed E-state index contributed by atoms with van der Waals surface area (Å²) in [5.74, 6) is 0.737. The van der Waals surface area contributed by atoms with Gasteiger partial charge in [0.05, 0.1) is 25.0 Å². The van der Waals surface area contributed by atoms with Crippen LogP contribution in [0.4, 0.5) is 0 Å². The molecule has 1 aromatic carbocycles. The predicted molar refractivity (Wildman–Crippen MR) is 103 cm³/mol. The number of carbonyl (C=O) groups excluding carboxylic acids is 1. The Kier molecular flexibility index (Phi) is 5.59. The minimum Gasteiger partial charge on any atom is -0.494 e. The molecule has 7 heteroatoms. The molecule has 7 nitrogen and oxygen atoms in total. The zero-order valence-corrected chi connectivity index (χ0v) is 16.1. The van der Waals surface area contributed by atoms with E-state index >= 15 is 0 Å². The fraction of sp³-hybridized carbons (Fsp3) is 0.350. The van der Waals surface area contributed by atoms with Crippen molar-refractivity contribution in [2.24, 2.45) is 0 Å². The molecule has 0 saturated heterocycles. The number of benzene rings is 1. The lowest BCUT2D eigenvalue weighted by Gasteiger charge is -2.12. The number of amides is 1. The van der Waals surface area contributed by atoms with Gasteiger partial charge in [-0.2, -0.15) is 10.2 Å². The zero-order valence-electron chi connectivity index (χ0n) is 16.1. The Labute approximate surface area is 158 Å². The number of methoxy groups -OCH3 is 1. The first-order valence-corrected chi connectivity index (χ1v) is 8.97. The monoisotopic (exact) mass is 367 g/mol. The molecule has 2 aromatic heterocycles. The highest BCUT2D eigenvalue weighted by atomic mass is 16.5. The summed E-state index contributed by atoms with van der Waals surface area (Å²) in [5.41, 5.74) is 4.89. The van der Waals surface area contributed by atoms with Crippen LogP contribution in [0.2, 0.25) is 0 Å². The standard InChI is InChI=1S/C20H25N5O2/c1-13-14(2)23-24-17(13)9-10-20(26)22-15(3)16-11-21-25(12-16)18-7-5-6-8-19(18)27-4/h5-8,11-12,15H,9-10H2,1-4H3,(H,22,26)(H,23,24)/t15-/m1/s1. The maximum atomic E-state index is 12.3. The van der Waals surface area contributed by atoms with Crippen LogP contribution in [0.1, 0.15) is 41.9 Å². The number of hydrogen-bond acceptors (Lipinski definition) is 4. The van der Waals surface area contributed by atoms with E-state index in [9.17, 15) is 4.79 Å². The number of carbonyl (C=O) groups is 1. The van der Waals surface area contributed by atoms with Gasteiger partial charge < -0.3 is 10.1 Å². The van der Waals surface area contributed by atoms with Crippen LogP contribution in [0.25, 0.3) is 5.69 Å². The summed E-state index contributed by atoms with van der Waals surface area (Å²) in [5, 5.41) is 14.6. The predicted octanol–water partition coefficient (Wildman–Crippen LogP) is 3.03. The van der Waals surface area contributed by atoms with Crippen LogP contribution in [0.3, 0.4) is 0 Å². The Bertz CT molecular complexity index is 928. The number of aromatic amines is 1. The Hall–Kier alpha value is -3.09. The van der Waals surface area contributed by atoms with Crippen LogP contribution >= 0.6 is 0 Å². The fourth-order valence-electron chi connectivity index (χ4n) is 2.92. The molecule has 3 aromatic rings. The summed E-state index contributed by atoms with van der Waals surface area (Å²) < 4.78 is 7.14. The van der Waals surface area contributed by atoms with Crippen molar-refractivity contribution < 1.29 is 9.53 Å². The van der Waals surface area contributed by atoms with Gasteiger partial charge in [-0.15, -0.1) is 0 Å². The van der Waals surface area contributed by atoms with Crippen LogP contribution in [0.5, 0.6) is 5.75 Å². The second-order valence-corrected chi connectivity index (χ2v) is 6.60. The molecule has 2 N–H and O–H groups in total. The highest BCUT2D eigenvalue weighted by molar-refractivity contribution is 5.76. The quantitative estimate of drug-likeness (QED) is 0.672. The summed E-state index contributed by atoms with van der Waals surface area (Å²) in [6.07, 6.45) is 4.69. The topological polar surface area (TPSA) is 84.8 Å². The van der Waals surface area contributed by atoms with Gasteiger partial charge in [0.15, 0.2) is 0 Å². The Morgan fingerprint density at radius 2 is 2.11 bits per heavy atom. The van der Waals surface area contributed by atoms with Crippen molar-refractivity contribution in [3.8, 4) is 11.4 Å². The van der Waals surface area contributed by atoms with Crippen molar-refractivity contribution >= 4 is 5.91 Å². The number of H-pyrrole nitrogens is 1. The Balaban J connectivity index is 1.61. The lowest BCUT2D eigenvalue weighted by Crippen LogP contribution is -2.26. The number of aromatic nitrogens is 4. The molecule has 27 heavy (non-hydrogen) atoms. The molecular formula is C20H25N5O2. The average molecular weight is 367 g/mol. The summed E-state index contributed by atoms with van der Waals surface area (Å²) in [6, 6.07) is 7.54. The van der Waals surface area contributed by atoms with E-state index in [2.05, 4.69) is 20.6 Å². The lowest BCUT2D eigenvalue weighted by atomic mass is 10.1. The SMILES string of the molecule is COc1ccccc1-n1cc([C@@H](C)NC(=O)CCc2n[nH]c(C)c2C)cn1. The van der Waals surface area contributed by atoms with Crippen LogP contribution in [-0.4, -0.2) is 33.0 Å². The highest BCUT2D eigenvalue weighted by Crippen LogP contribution is 2.23. The third kappa shape index (κ3) is 4.19. The third-order valence-electron chi connectivity index (χ3n) is 4.75. The molecule has 0 spiro atoms. The molecule has 0 aliphatic rings. The maximum Gasteiger partial charge on any atom is 0.220 e. The second kappa shape index (κ2) is 8.07. The molecular weight excluding hydrogens is 342 g/mol. The molecule has 1 amide bonds. The van der Waals surface area contributed by atoms with Crippen LogP contribution in [-0.2, 0) is 11.2 Å². The van der Waals surface area contributed by atoms with Crippen LogP contribution in [0.15, 0.2) is 36.7 Å². The van der Waals surface area contributed by atoms with Gasteiger partial charge in [-0.1, -0.05) is 12.1 Å². The van der Waals surface area contributed by atoms with Crippen molar-refractivity contribution in [1.82, 2.24) is 25.3 Å². The number of nitrogens with one attached hydrogen (secondary N) is 2. The van der Waals surface area contributed by atoms with E-state index < -0.39 is 0 Å². The molecule has 0 aliphatic carbocycles. The summed E-state index contributed by atoms with van der Waals surface area (Å²) in [6.45, 7) is 5.94. The van der Waals surface area contributed by atoms with Crippen LogP contribution in [0, 0.1) is 13.8 Å². The van der Waals surface area contributed by atoms with Gasteiger partial charge in [0, 0.05) is 30.3 Å². The highest BCUT2D eigenvalue weighted by Gasteiger charge is 2.14. The number of rotatable bonds is 7. The first-order chi connectivity index (χ1) is 13.0. The maximum absolute atomic E-state index is 12.3. The number of nitrogens with zero attached hydrogens (tertiary/aromatic N) is 3. The van der Waals surface area contributed by atoms with E-state index in [0.29, 0.717) is 12.8 Å². The van der Waals surface area contributed by atoms with Crippen LogP contribution < -0.4 is 10.1 Å². The number of hydrogen-bond donors (Lipinski definition) is 2. The van der Waals surface area contributed by atoms with Gasteiger partial charge in [-0.25, -0.2) is 4.68 Å². The van der Waals surface area contributed by atoms with Crippen molar-refractivity contribution in [3.63, 3.8) is 0 Å². The molecule has 0 saturated carbocycles. The van der Waals surface area contributed by atoms with Gasteiger partial charge in [0.25, 0.3) is 0 Å². The van der Waals surface area contributed by atoms with Gasteiger partial charge in [0.1, 0.15) is 11.4 Å². The van der Waals surface area contributed by atoms with Gasteiger partial charge >= 0.3 is 0 Å². The molecule has 0 radical (unpaired) electrons. The number of ether oxygens (including phenoxy) is 1. The van der Waals surface area contributed by atoms with E-state index in [0.717, 1.165) is 34.0 Å². The number of aryl methyl sites for hydroxylation is 2. The Morgan fingerprint density at radius 3 is 2.81 bits per heavy atom. The van der Waals surface area contributed by atoms with Crippen molar-refractivity contribution in [3.05, 3.63) is 59.2 Å². The second-order valence-electron chi connectivity index (χ2n) is 6.60. The van der Waals surface area contributed by atoms with E-state index in [1.807, 2.05) is 51.2 Å². The summed E-state index contributed by atoms with van der Waals surface area (Å²) >= 11 is 0. The molecule has 142 valence electrons. The van der Waals surface area contributed by atoms with Crippen molar-refractivity contribution in [2.75, 3.05) is 7.11 Å². The van der Waals surface area contributed by atoms with E-state index in [4.69, 9.17) is 4.74 Å². The van der Waals surface area contributed by atoms with E-state index in [1.165, 1.54) is 0 Å². The first kappa shape index (κ1) is 18.7.